The van der Waals surface area contributed by atoms with Crippen LogP contribution in [0.1, 0.15) is 21.3 Å². The van der Waals surface area contributed by atoms with E-state index < -0.39 is 6.04 Å². The molecule has 130 valence electrons. The van der Waals surface area contributed by atoms with E-state index in [0.717, 1.165) is 5.56 Å². The molecule has 0 saturated carbocycles. The molecule has 1 N–H and O–H groups in total. The smallest absolute Gasteiger partial charge is 0.260 e. The Morgan fingerprint density at radius 1 is 1.33 bits per heavy atom. The molecule has 2 heterocycles. The van der Waals surface area contributed by atoms with Crippen molar-refractivity contribution in [3.63, 3.8) is 0 Å². The van der Waals surface area contributed by atoms with Gasteiger partial charge in [-0.1, -0.05) is 6.07 Å². The van der Waals surface area contributed by atoms with E-state index in [1.165, 1.54) is 14.2 Å². The number of hydrogen-bond acceptors (Lipinski definition) is 6. The third-order valence-corrected chi connectivity index (χ3v) is 5.51. The second kappa shape index (κ2) is 6.90. The van der Waals surface area contributed by atoms with E-state index in [2.05, 4.69) is 5.32 Å². The first kappa shape index (κ1) is 16.9. The van der Waals surface area contributed by atoms with Crippen LogP contribution in [0.2, 0.25) is 0 Å². The molecule has 2 amide bonds. The lowest BCUT2D eigenvalue weighted by molar-refractivity contribution is -0.124. The van der Waals surface area contributed by atoms with Gasteiger partial charge >= 0.3 is 0 Å². The fraction of sp³-hybridized carbons (Fsp3) is 0.500. The minimum Gasteiger partial charge on any atom is -0.493 e. The van der Waals surface area contributed by atoms with Crippen LogP contribution >= 0.6 is 11.8 Å². The summed E-state index contributed by atoms with van der Waals surface area (Å²) in [5, 5.41) is 2.65. The van der Waals surface area contributed by atoms with Crippen LogP contribution in [0.4, 0.5) is 0 Å². The van der Waals surface area contributed by atoms with Crippen molar-refractivity contribution < 1.29 is 23.8 Å². The van der Waals surface area contributed by atoms with Crippen molar-refractivity contribution >= 4 is 23.6 Å². The number of methoxy groups -OCH3 is 3. The minimum atomic E-state index is -0.493. The number of ether oxygens (including phenoxy) is 3. The zero-order valence-electron chi connectivity index (χ0n) is 13.8. The van der Waals surface area contributed by atoms with Crippen molar-refractivity contribution in [3.05, 3.63) is 23.3 Å². The molecule has 2 atom stereocenters. The number of carbonyl (C=O) groups excluding carboxylic acids is 2. The number of nitrogens with one attached hydrogen (secondary N) is 1. The summed E-state index contributed by atoms with van der Waals surface area (Å²) in [6, 6.07) is 3.17. The first-order valence-corrected chi connectivity index (χ1v) is 8.64. The summed E-state index contributed by atoms with van der Waals surface area (Å²) in [5.74, 6) is 1.16. The zero-order chi connectivity index (χ0) is 17.3. The molecule has 3 rings (SSSR count). The lowest BCUT2D eigenvalue weighted by Gasteiger charge is -2.22. The third kappa shape index (κ3) is 2.59. The summed E-state index contributed by atoms with van der Waals surface area (Å²) in [6.07, 6.45) is 0. The van der Waals surface area contributed by atoms with Gasteiger partial charge in [0, 0.05) is 25.0 Å². The van der Waals surface area contributed by atoms with Crippen molar-refractivity contribution in [2.75, 3.05) is 40.2 Å². The Labute approximate surface area is 144 Å². The number of nitrogens with zero attached hydrogens (tertiary/aromatic N) is 1. The number of carbonyl (C=O) groups is 2. The van der Waals surface area contributed by atoms with Crippen LogP contribution in [-0.2, 0) is 9.53 Å². The summed E-state index contributed by atoms with van der Waals surface area (Å²) in [6.45, 7) is 0.863. The Morgan fingerprint density at radius 3 is 2.79 bits per heavy atom. The highest BCUT2D eigenvalue weighted by molar-refractivity contribution is 7.99. The Bertz CT molecular complexity index is 666. The molecule has 0 unspecified atom stereocenters. The van der Waals surface area contributed by atoms with Crippen LogP contribution < -0.4 is 14.8 Å². The molecule has 7 nitrogen and oxygen atoms in total. The van der Waals surface area contributed by atoms with Gasteiger partial charge in [0.05, 0.1) is 26.4 Å². The average molecular weight is 352 g/mol. The summed E-state index contributed by atoms with van der Waals surface area (Å²) in [7, 11) is 4.62. The second-order valence-corrected chi connectivity index (χ2v) is 6.58. The predicted octanol–water partition coefficient (Wildman–Crippen LogP) is 1.04. The number of thioether (sulfide) groups is 1. The van der Waals surface area contributed by atoms with Crippen LogP contribution in [0.5, 0.6) is 11.5 Å². The first-order chi connectivity index (χ1) is 11.6. The zero-order valence-corrected chi connectivity index (χ0v) is 14.6. The SMILES string of the molecule is COCCNC(=O)[C@H]1CS[C@H]2c3ccc(OC)c(OC)c3C(=O)N12. The highest BCUT2D eigenvalue weighted by Crippen LogP contribution is 2.52. The molecule has 8 heteroatoms. The van der Waals surface area contributed by atoms with Gasteiger partial charge in [-0.2, -0.15) is 0 Å². The van der Waals surface area contributed by atoms with Crippen molar-refractivity contribution in [1.29, 1.82) is 0 Å². The highest BCUT2D eigenvalue weighted by Gasteiger charge is 2.50. The molecule has 1 fully saturated rings. The number of benzene rings is 1. The molecular weight excluding hydrogens is 332 g/mol. The van der Waals surface area contributed by atoms with Gasteiger partial charge in [-0.15, -0.1) is 11.8 Å². The molecule has 1 aromatic rings. The van der Waals surface area contributed by atoms with Gasteiger partial charge in [0.15, 0.2) is 11.5 Å². The molecule has 0 radical (unpaired) electrons. The molecule has 0 spiro atoms. The lowest BCUT2D eigenvalue weighted by Crippen LogP contribution is -2.46. The van der Waals surface area contributed by atoms with Crippen LogP contribution in [0.3, 0.4) is 0 Å². The van der Waals surface area contributed by atoms with Gasteiger partial charge in [-0.3, -0.25) is 9.59 Å². The van der Waals surface area contributed by atoms with Crippen LogP contribution in [0.25, 0.3) is 0 Å². The Hall–Kier alpha value is -1.93. The quantitative estimate of drug-likeness (QED) is 0.771. The Morgan fingerprint density at radius 2 is 2.12 bits per heavy atom. The van der Waals surface area contributed by atoms with Gasteiger partial charge in [0.1, 0.15) is 11.4 Å². The topological polar surface area (TPSA) is 77.1 Å². The Balaban J connectivity index is 1.88. The third-order valence-electron chi connectivity index (χ3n) is 4.20. The van der Waals surface area contributed by atoms with Crippen LogP contribution in [0, 0.1) is 0 Å². The number of hydrogen-bond donors (Lipinski definition) is 1. The van der Waals surface area contributed by atoms with Crippen LogP contribution in [-0.4, -0.2) is 63.0 Å². The highest BCUT2D eigenvalue weighted by atomic mass is 32.2. The van der Waals surface area contributed by atoms with E-state index in [0.29, 0.717) is 36.0 Å². The van der Waals surface area contributed by atoms with E-state index in [4.69, 9.17) is 14.2 Å². The molecule has 2 aliphatic rings. The van der Waals surface area contributed by atoms with Crippen molar-refractivity contribution in [1.82, 2.24) is 10.2 Å². The van der Waals surface area contributed by atoms with Crippen LogP contribution in [0.15, 0.2) is 12.1 Å². The number of amides is 2. The van der Waals surface area contributed by atoms with E-state index in [1.54, 1.807) is 29.8 Å². The maximum absolute atomic E-state index is 12.9. The maximum Gasteiger partial charge on any atom is 0.260 e. The van der Waals surface area contributed by atoms with Gasteiger partial charge in [-0.05, 0) is 6.07 Å². The largest absolute Gasteiger partial charge is 0.493 e. The van der Waals surface area contributed by atoms with Gasteiger partial charge in [0.2, 0.25) is 5.91 Å². The molecular formula is C16H20N2O5S. The molecule has 24 heavy (non-hydrogen) atoms. The maximum atomic E-state index is 12.9. The molecule has 0 aromatic heterocycles. The number of fused-ring (bicyclic) bond motifs is 3. The van der Waals surface area contributed by atoms with E-state index in [9.17, 15) is 9.59 Å². The second-order valence-electron chi connectivity index (χ2n) is 5.46. The molecule has 0 bridgehead atoms. The van der Waals surface area contributed by atoms with E-state index in [-0.39, 0.29) is 17.2 Å². The molecule has 2 aliphatic heterocycles. The average Bonchev–Trinajstić information content (AvgIpc) is 3.14. The molecule has 1 aromatic carbocycles. The normalized spacial score (nSPS) is 21.5. The van der Waals surface area contributed by atoms with Gasteiger partial charge in [0.25, 0.3) is 5.91 Å². The summed E-state index contributed by atoms with van der Waals surface area (Å²) in [5.41, 5.74) is 1.36. The van der Waals surface area contributed by atoms with E-state index >= 15 is 0 Å². The Kier molecular flexibility index (Phi) is 4.86. The summed E-state index contributed by atoms with van der Waals surface area (Å²) < 4.78 is 15.6. The minimum absolute atomic E-state index is 0.158. The van der Waals surface area contributed by atoms with Crippen molar-refractivity contribution in [2.45, 2.75) is 11.4 Å². The van der Waals surface area contributed by atoms with Crippen molar-refractivity contribution in [2.24, 2.45) is 0 Å². The standard InChI is InChI=1S/C16H20N2O5S/c1-21-7-6-17-14(19)10-8-24-16-9-4-5-11(22-2)13(23-3)12(9)15(20)18(10)16/h4-5,10,16H,6-8H2,1-3H3,(H,17,19)/t10-,16+/m1/s1. The molecule has 0 aliphatic carbocycles. The van der Waals surface area contributed by atoms with Gasteiger partial charge < -0.3 is 24.4 Å². The lowest BCUT2D eigenvalue weighted by atomic mass is 10.1. The van der Waals surface area contributed by atoms with E-state index in [1.807, 2.05) is 6.07 Å². The first-order valence-electron chi connectivity index (χ1n) is 7.59. The predicted molar refractivity (Wildman–Crippen MR) is 89.6 cm³/mol. The summed E-state index contributed by atoms with van der Waals surface area (Å²) in [4.78, 5) is 27.0. The monoisotopic (exact) mass is 352 g/mol. The van der Waals surface area contributed by atoms with Crippen molar-refractivity contribution in [3.8, 4) is 11.5 Å². The fourth-order valence-electron chi connectivity index (χ4n) is 3.09. The summed E-state index contributed by atoms with van der Waals surface area (Å²) >= 11 is 1.58. The number of rotatable bonds is 6. The van der Waals surface area contributed by atoms with Gasteiger partial charge in [-0.25, -0.2) is 0 Å². The molecule has 1 saturated heterocycles. The fourth-order valence-corrected chi connectivity index (χ4v) is 4.54.